The standard InChI is InChI=1S/C34H38O2S/c1-21-12-13-23-26(14-21)34(19-32(2,3)18-33(4,5)20-34)27-17-28(35)24-15-29(36-6)30(16-25(24)31(23)27)37-22-10-8-7-9-11-22/h7-13,15-17,21,35H,14,18-20H2,1-6H3. The number of phenolic OH excluding ortho intramolecular Hbond substituents is 1. The van der Waals surface area contributed by atoms with Crippen molar-refractivity contribution in [2.75, 3.05) is 7.11 Å². The van der Waals surface area contributed by atoms with E-state index in [9.17, 15) is 5.11 Å². The molecule has 0 amide bonds. The molecule has 37 heavy (non-hydrogen) atoms. The summed E-state index contributed by atoms with van der Waals surface area (Å²) in [5.74, 6) is 1.69. The van der Waals surface area contributed by atoms with Gasteiger partial charge in [-0.3, -0.25) is 0 Å². The minimum absolute atomic E-state index is 0.0345. The van der Waals surface area contributed by atoms with Crippen LogP contribution in [0.15, 0.2) is 76.0 Å². The molecular weight excluding hydrogens is 472 g/mol. The molecule has 3 aromatic carbocycles. The van der Waals surface area contributed by atoms with Crippen LogP contribution in [0.2, 0.25) is 0 Å². The first-order valence-electron chi connectivity index (χ1n) is 13.6. The van der Waals surface area contributed by atoms with Crippen molar-refractivity contribution >= 4 is 28.1 Å². The number of hydrogen-bond acceptors (Lipinski definition) is 3. The third kappa shape index (κ3) is 4.02. The number of rotatable bonds is 3. The van der Waals surface area contributed by atoms with E-state index in [1.165, 1.54) is 28.0 Å². The molecule has 1 unspecified atom stereocenters. The van der Waals surface area contributed by atoms with Crippen LogP contribution in [0.3, 0.4) is 0 Å². The number of phenols is 1. The van der Waals surface area contributed by atoms with Gasteiger partial charge in [-0.25, -0.2) is 0 Å². The molecule has 3 aromatic rings. The maximum absolute atomic E-state index is 11.5. The van der Waals surface area contributed by atoms with Crippen LogP contribution in [0.1, 0.15) is 71.4 Å². The van der Waals surface area contributed by atoms with Gasteiger partial charge < -0.3 is 9.84 Å². The Kier molecular flexibility index (Phi) is 5.62. The highest BCUT2D eigenvalue weighted by molar-refractivity contribution is 7.99. The first kappa shape index (κ1) is 24.7. The van der Waals surface area contributed by atoms with E-state index in [-0.39, 0.29) is 16.2 Å². The summed E-state index contributed by atoms with van der Waals surface area (Å²) in [7, 11) is 1.72. The lowest BCUT2D eigenvalue weighted by Crippen LogP contribution is -2.44. The maximum atomic E-state index is 11.5. The molecule has 0 heterocycles. The number of ether oxygens (including phenoxy) is 1. The molecule has 192 valence electrons. The third-order valence-corrected chi connectivity index (χ3v) is 9.74. The van der Waals surface area contributed by atoms with Crippen LogP contribution in [0.5, 0.6) is 11.5 Å². The molecule has 0 saturated heterocycles. The highest BCUT2D eigenvalue weighted by Crippen LogP contribution is 2.65. The fraction of sp³-hybridized carbons (Fsp3) is 0.412. The van der Waals surface area contributed by atoms with E-state index in [1.807, 2.05) is 12.1 Å². The van der Waals surface area contributed by atoms with Gasteiger partial charge in [0.05, 0.1) is 12.0 Å². The fourth-order valence-electron chi connectivity index (χ4n) is 8.16. The molecule has 0 aliphatic heterocycles. The Morgan fingerprint density at radius 2 is 1.62 bits per heavy atom. The minimum Gasteiger partial charge on any atom is -0.507 e. The Balaban J connectivity index is 1.64. The lowest BCUT2D eigenvalue weighted by molar-refractivity contribution is 0.0603. The Bertz CT molecular complexity index is 1440. The number of benzene rings is 3. The Morgan fingerprint density at radius 3 is 2.30 bits per heavy atom. The Labute approximate surface area is 225 Å². The third-order valence-electron chi connectivity index (χ3n) is 8.69. The van der Waals surface area contributed by atoms with E-state index in [1.54, 1.807) is 24.4 Å². The van der Waals surface area contributed by atoms with Crippen LogP contribution in [0.4, 0.5) is 0 Å². The zero-order valence-electron chi connectivity index (χ0n) is 22.9. The molecule has 0 bridgehead atoms. The average Bonchev–Trinajstić information content (AvgIpc) is 3.05. The molecule has 3 heteroatoms. The zero-order chi connectivity index (χ0) is 26.2. The normalized spacial score (nSPS) is 22.8. The fourth-order valence-corrected chi connectivity index (χ4v) is 9.13. The molecule has 3 aliphatic carbocycles. The van der Waals surface area contributed by atoms with E-state index >= 15 is 0 Å². The SMILES string of the molecule is COc1cc2c(O)cc3c(c2cc1Sc1ccccc1)C1=C(CC(C)C=C1)C31CC(C)(C)CC(C)(C)C1. The summed E-state index contributed by atoms with van der Waals surface area (Å²) < 4.78 is 5.83. The quantitative estimate of drug-likeness (QED) is 0.380. The first-order valence-corrected chi connectivity index (χ1v) is 14.4. The van der Waals surface area contributed by atoms with Gasteiger partial charge in [0.15, 0.2) is 0 Å². The molecule has 1 spiro atoms. The Hall–Kier alpha value is -2.65. The van der Waals surface area contributed by atoms with Crippen LogP contribution in [-0.2, 0) is 5.41 Å². The van der Waals surface area contributed by atoms with Gasteiger partial charge in [-0.05, 0) is 94.8 Å². The largest absolute Gasteiger partial charge is 0.507 e. The molecule has 6 rings (SSSR count). The summed E-state index contributed by atoms with van der Waals surface area (Å²) >= 11 is 1.72. The lowest BCUT2D eigenvalue weighted by atomic mass is 9.51. The number of fused-ring (bicyclic) bond motifs is 6. The van der Waals surface area contributed by atoms with Crippen molar-refractivity contribution in [1.82, 2.24) is 0 Å². The molecule has 1 saturated carbocycles. The van der Waals surface area contributed by atoms with Gasteiger partial charge in [0, 0.05) is 15.7 Å². The zero-order valence-corrected chi connectivity index (χ0v) is 23.8. The Morgan fingerprint density at radius 1 is 0.919 bits per heavy atom. The van der Waals surface area contributed by atoms with Crippen molar-refractivity contribution in [3.63, 3.8) is 0 Å². The van der Waals surface area contributed by atoms with E-state index in [4.69, 9.17) is 4.74 Å². The molecular formula is C34H38O2S. The minimum atomic E-state index is -0.0345. The van der Waals surface area contributed by atoms with Gasteiger partial charge in [-0.15, -0.1) is 0 Å². The van der Waals surface area contributed by atoms with E-state index < -0.39 is 0 Å². The number of allylic oxidation sites excluding steroid dienone is 4. The molecule has 0 aromatic heterocycles. The van der Waals surface area contributed by atoms with Crippen molar-refractivity contribution in [2.45, 2.75) is 75.5 Å². The highest BCUT2D eigenvalue weighted by atomic mass is 32.2. The lowest BCUT2D eigenvalue weighted by Gasteiger charge is -2.53. The van der Waals surface area contributed by atoms with Crippen molar-refractivity contribution < 1.29 is 9.84 Å². The van der Waals surface area contributed by atoms with Crippen molar-refractivity contribution in [2.24, 2.45) is 16.7 Å². The molecule has 2 nitrogen and oxygen atoms in total. The summed E-state index contributed by atoms with van der Waals surface area (Å²) in [6.45, 7) is 12.1. The number of aromatic hydroxyl groups is 1. The van der Waals surface area contributed by atoms with E-state index in [0.29, 0.717) is 11.7 Å². The monoisotopic (exact) mass is 510 g/mol. The second-order valence-corrected chi connectivity index (χ2v) is 14.3. The van der Waals surface area contributed by atoms with Gasteiger partial charge in [0.1, 0.15) is 11.5 Å². The van der Waals surface area contributed by atoms with Gasteiger partial charge in [0.2, 0.25) is 0 Å². The van der Waals surface area contributed by atoms with E-state index in [0.717, 1.165) is 40.7 Å². The summed E-state index contributed by atoms with van der Waals surface area (Å²) in [5, 5.41) is 13.5. The molecule has 0 radical (unpaired) electrons. The van der Waals surface area contributed by atoms with Gasteiger partial charge in [-0.2, -0.15) is 0 Å². The molecule has 3 aliphatic rings. The summed E-state index contributed by atoms with van der Waals surface area (Å²) in [6.07, 6.45) is 9.33. The predicted octanol–water partition coefficient (Wildman–Crippen LogP) is 9.54. The topological polar surface area (TPSA) is 29.5 Å². The van der Waals surface area contributed by atoms with Crippen LogP contribution < -0.4 is 4.74 Å². The van der Waals surface area contributed by atoms with Crippen molar-refractivity contribution in [1.29, 1.82) is 0 Å². The number of hydrogen-bond donors (Lipinski definition) is 1. The van der Waals surface area contributed by atoms with E-state index in [2.05, 4.69) is 83.2 Å². The predicted molar refractivity (Wildman–Crippen MR) is 156 cm³/mol. The summed E-state index contributed by atoms with van der Waals surface area (Å²) in [5.41, 5.74) is 6.08. The second-order valence-electron chi connectivity index (χ2n) is 13.2. The highest BCUT2D eigenvalue weighted by Gasteiger charge is 2.54. The van der Waals surface area contributed by atoms with Crippen LogP contribution in [-0.4, -0.2) is 12.2 Å². The summed E-state index contributed by atoms with van der Waals surface area (Å²) in [4.78, 5) is 2.25. The van der Waals surface area contributed by atoms with Crippen molar-refractivity contribution in [3.8, 4) is 11.5 Å². The van der Waals surface area contributed by atoms with Gasteiger partial charge >= 0.3 is 0 Å². The summed E-state index contributed by atoms with van der Waals surface area (Å²) in [6, 6.07) is 16.9. The molecule has 1 atom stereocenters. The maximum Gasteiger partial charge on any atom is 0.133 e. The van der Waals surface area contributed by atoms with Gasteiger partial charge in [0.25, 0.3) is 0 Å². The van der Waals surface area contributed by atoms with Gasteiger partial charge in [-0.1, -0.05) is 82.3 Å². The molecule has 1 N–H and O–H groups in total. The second kappa shape index (κ2) is 8.43. The van der Waals surface area contributed by atoms with Crippen LogP contribution >= 0.6 is 11.8 Å². The number of methoxy groups -OCH3 is 1. The average molecular weight is 511 g/mol. The van der Waals surface area contributed by atoms with Crippen molar-refractivity contribution in [3.05, 3.63) is 77.4 Å². The van der Waals surface area contributed by atoms with Crippen LogP contribution in [0, 0.1) is 16.7 Å². The first-order chi connectivity index (χ1) is 17.5. The smallest absolute Gasteiger partial charge is 0.133 e. The molecule has 1 fully saturated rings. The van der Waals surface area contributed by atoms with Crippen LogP contribution in [0.25, 0.3) is 16.3 Å².